The molecule has 2 aromatic heterocycles. The van der Waals surface area contributed by atoms with E-state index >= 15 is 0 Å². The maximum Gasteiger partial charge on any atom is 0.229 e. The van der Waals surface area contributed by atoms with Crippen molar-refractivity contribution >= 4 is 22.9 Å². The van der Waals surface area contributed by atoms with Gasteiger partial charge in [-0.25, -0.2) is 15.0 Å². The average molecular weight is 418 g/mol. The van der Waals surface area contributed by atoms with Crippen LogP contribution in [0, 0.1) is 23.2 Å². The summed E-state index contributed by atoms with van der Waals surface area (Å²) >= 11 is 0. The highest BCUT2D eigenvalue weighted by atomic mass is 16.3. The van der Waals surface area contributed by atoms with E-state index in [0.29, 0.717) is 29.2 Å². The summed E-state index contributed by atoms with van der Waals surface area (Å²) < 4.78 is 1.74. The third-order valence-corrected chi connectivity index (χ3v) is 6.39. The van der Waals surface area contributed by atoms with Crippen molar-refractivity contribution in [3.05, 3.63) is 48.0 Å². The van der Waals surface area contributed by atoms with Gasteiger partial charge in [-0.3, -0.25) is 4.79 Å². The van der Waals surface area contributed by atoms with Crippen LogP contribution in [0.2, 0.25) is 0 Å². The Labute approximate surface area is 178 Å². The van der Waals surface area contributed by atoms with Crippen molar-refractivity contribution in [2.24, 2.45) is 11.3 Å². The van der Waals surface area contributed by atoms with Crippen molar-refractivity contribution in [3.8, 4) is 11.8 Å². The van der Waals surface area contributed by atoms with Crippen LogP contribution in [-0.4, -0.2) is 61.9 Å². The fourth-order valence-electron chi connectivity index (χ4n) is 4.80. The minimum atomic E-state index is -1.15. The Bertz CT molecular complexity index is 1230. The Balaban J connectivity index is 1.58. The SMILES string of the molecule is CNC(=O)[C@@]12C[C@@H]1[C@@H](n1cnc3c(NC)nc(C#Cc4ccccc4)nc31)[C@H](O)[C@@H]2O. The number of nitrogens with one attached hydrogen (secondary N) is 2. The lowest BCUT2D eigenvalue weighted by Crippen LogP contribution is -2.41. The van der Waals surface area contributed by atoms with Crippen molar-refractivity contribution in [2.75, 3.05) is 19.4 Å². The number of benzene rings is 1. The first kappa shape index (κ1) is 19.5. The number of aromatic nitrogens is 4. The molecule has 4 N–H and O–H groups in total. The topological polar surface area (TPSA) is 125 Å². The zero-order valence-electron chi connectivity index (χ0n) is 17.1. The van der Waals surface area contributed by atoms with Crippen molar-refractivity contribution < 1.29 is 15.0 Å². The van der Waals surface area contributed by atoms with Gasteiger partial charge >= 0.3 is 0 Å². The van der Waals surface area contributed by atoms with E-state index in [0.717, 1.165) is 5.56 Å². The molecule has 9 heteroatoms. The number of anilines is 1. The molecule has 1 aromatic carbocycles. The summed E-state index contributed by atoms with van der Waals surface area (Å²) in [7, 11) is 3.27. The quantitative estimate of drug-likeness (QED) is 0.451. The molecule has 0 aliphatic heterocycles. The van der Waals surface area contributed by atoms with E-state index < -0.39 is 23.7 Å². The van der Waals surface area contributed by atoms with Crippen LogP contribution in [0.1, 0.15) is 23.9 Å². The van der Waals surface area contributed by atoms with Crippen LogP contribution in [0.25, 0.3) is 11.2 Å². The largest absolute Gasteiger partial charge is 0.389 e. The van der Waals surface area contributed by atoms with Crippen LogP contribution in [0.5, 0.6) is 0 Å². The molecule has 0 spiro atoms. The van der Waals surface area contributed by atoms with Gasteiger partial charge in [0.1, 0.15) is 6.10 Å². The molecule has 2 fully saturated rings. The Morgan fingerprint density at radius 3 is 2.68 bits per heavy atom. The smallest absolute Gasteiger partial charge is 0.229 e. The van der Waals surface area contributed by atoms with Gasteiger partial charge < -0.3 is 25.4 Å². The molecule has 0 unspecified atom stereocenters. The standard InChI is InChI=1S/C22H22N6O3/c1-23-19-15-20(27-14(26-19)9-8-12-6-4-3-5-7-12)28(11-25-15)16-13-10-22(13,21(31)24-2)18(30)17(16)29/h3-7,11,13,16-18,29-30H,10H2,1-2H3,(H,24,31)(H,23,26,27)/t13-,16-,17+,18+,22+/m1/s1. The Morgan fingerprint density at radius 1 is 1.19 bits per heavy atom. The molecule has 2 aliphatic rings. The molecule has 158 valence electrons. The fourth-order valence-corrected chi connectivity index (χ4v) is 4.80. The van der Waals surface area contributed by atoms with Gasteiger partial charge in [0.05, 0.1) is 23.9 Å². The van der Waals surface area contributed by atoms with Crippen LogP contribution >= 0.6 is 0 Å². The molecule has 2 aliphatic carbocycles. The Kier molecular flexibility index (Phi) is 4.43. The molecule has 3 aromatic rings. The van der Waals surface area contributed by atoms with Crippen LogP contribution in [-0.2, 0) is 4.79 Å². The summed E-state index contributed by atoms with van der Waals surface area (Å²) in [5.74, 6) is 6.39. The number of hydrogen-bond donors (Lipinski definition) is 4. The van der Waals surface area contributed by atoms with Crippen molar-refractivity contribution in [1.82, 2.24) is 24.8 Å². The number of hydrogen-bond acceptors (Lipinski definition) is 7. The monoisotopic (exact) mass is 418 g/mol. The number of carbonyl (C=O) groups is 1. The number of rotatable bonds is 3. The summed E-state index contributed by atoms with van der Waals surface area (Å²) in [5, 5.41) is 27.1. The number of amides is 1. The molecule has 5 atom stereocenters. The Morgan fingerprint density at radius 2 is 1.97 bits per heavy atom. The number of aliphatic hydroxyl groups is 2. The predicted molar refractivity (Wildman–Crippen MR) is 113 cm³/mol. The predicted octanol–water partition coefficient (Wildman–Crippen LogP) is 0.297. The highest BCUT2D eigenvalue weighted by Crippen LogP contribution is 2.67. The number of aliphatic hydroxyl groups excluding tert-OH is 2. The molecule has 5 rings (SSSR count). The highest BCUT2D eigenvalue weighted by molar-refractivity contribution is 5.88. The third kappa shape index (κ3) is 2.80. The van der Waals surface area contributed by atoms with E-state index in [4.69, 9.17) is 0 Å². The summed E-state index contributed by atoms with van der Waals surface area (Å²) in [6.07, 6.45) is -0.184. The number of imidazole rings is 1. The molecule has 0 bridgehead atoms. The van der Waals surface area contributed by atoms with E-state index in [-0.39, 0.29) is 11.8 Å². The second-order valence-electron chi connectivity index (χ2n) is 7.94. The summed E-state index contributed by atoms with van der Waals surface area (Å²) in [6.45, 7) is 0. The molecular weight excluding hydrogens is 396 g/mol. The van der Waals surface area contributed by atoms with Crippen LogP contribution in [0.4, 0.5) is 5.82 Å². The summed E-state index contributed by atoms with van der Waals surface area (Å²) in [6, 6.07) is 9.01. The first-order valence-corrected chi connectivity index (χ1v) is 10.1. The highest BCUT2D eigenvalue weighted by Gasteiger charge is 2.75. The molecule has 0 radical (unpaired) electrons. The van der Waals surface area contributed by atoms with Crippen LogP contribution < -0.4 is 10.6 Å². The van der Waals surface area contributed by atoms with E-state index in [9.17, 15) is 15.0 Å². The second-order valence-corrected chi connectivity index (χ2v) is 7.94. The van der Waals surface area contributed by atoms with Crippen molar-refractivity contribution in [3.63, 3.8) is 0 Å². The number of fused-ring (bicyclic) bond motifs is 2. The minimum Gasteiger partial charge on any atom is -0.389 e. The van der Waals surface area contributed by atoms with Gasteiger partial charge in [-0.05, 0) is 24.5 Å². The molecule has 2 saturated carbocycles. The van der Waals surface area contributed by atoms with Gasteiger partial charge in [-0.1, -0.05) is 24.1 Å². The maximum atomic E-state index is 12.4. The van der Waals surface area contributed by atoms with Gasteiger partial charge in [0.25, 0.3) is 0 Å². The Hall–Kier alpha value is -3.48. The molecule has 2 heterocycles. The fraction of sp³-hybridized carbons (Fsp3) is 0.364. The molecule has 1 amide bonds. The number of carbonyl (C=O) groups excluding carboxylic acids is 1. The van der Waals surface area contributed by atoms with Crippen LogP contribution in [0.3, 0.4) is 0 Å². The minimum absolute atomic E-state index is 0.207. The lowest BCUT2D eigenvalue weighted by molar-refractivity contribution is -0.132. The van der Waals surface area contributed by atoms with Crippen LogP contribution in [0.15, 0.2) is 36.7 Å². The number of nitrogens with zero attached hydrogens (tertiary/aromatic N) is 4. The maximum absolute atomic E-state index is 12.4. The van der Waals surface area contributed by atoms with Gasteiger partial charge in [0.2, 0.25) is 11.7 Å². The van der Waals surface area contributed by atoms with Gasteiger partial charge in [-0.2, -0.15) is 0 Å². The lowest BCUT2D eigenvalue weighted by atomic mass is 9.98. The van der Waals surface area contributed by atoms with Gasteiger partial charge in [0.15, 0.2) is 17.0 Å². The summed E-state index contributed by atoms with van der Waals surface area (Å²) in [5.41, 5.74) is 0.901. The third-order valence-electron chi connectivity index (χ3n) is 6.39. The van der Waals surface area contributed by atoms with E-state index in [2.05, 4.69) is 37.4 Å². The average Bonchev–Trinajstić information content (AvgIpc) is 3.34. The second kappa shape index (κ2) is 7.04. The van der Waals surface area contributed by atoms with Crippen molar-refractivity contribution in [1.29, 1.82) is 0 Å². The first-order valence-electron chi connectivity index (χ1n) is 10.1. The normalized spacial score (nSPS) is 28.5. The van der Waals surface area contributed by atoms with E-state index in [1.54, 1.807) is 17.9 Å². The first-order chi connectivity index (χ1) is 15.0. The van der Waals surface area contributed by atoms with Gasteiger partial charge in [-0.15, -0.1) is 0 Å². The van der Waals surface area contributed by atoms with Gasteiger partial charge in [0, 0.05) is 25.6 Å². The lowest BCUT2D eigenvalue weighted by Gasteiger charge is -2.23. The molecule has 9 nitrogen and oxygen atoms in total. The zero-order valence-corrected chi connectivity index (χ0v) is 17.1. The summed E-state index contributed by atoms with van der Waals surface area (Å²) in [4.78, 5) is 25.9. The molecule has 31 heavy (non-hydrogen) atoms. The molecular formula is C22H22N6O3. The van der Waals surface area contributed by atoms with E-state index in [1.807, 2.05) is 30.3 Å². The van der Waals surface area contributed by atoms with E-state index in [1.165, 1.54) is 7.05 Å². The molecule has 0 saturated heterocycles. The van der Waals surface area contributed by atoms with Crippen molar-refractivity contribution in [2.45, 2.75) is 24.7 Å². The zero-order chi connectivity index (χ0) is 21.8.